The lowest BCUT2D eigenvalue weighted by atomic mass is 9.92. The van der Waals surface area contributed by atoms with Gasteiger partial charge in [-0.05, 0) is 25.7 Å². The predicted octanol–water partition coefficient (Wildman–Crippen LogP) is 0.606. The standard InChI is InChI=1S/C16H28N2O4/c19-13-7-3-1-5-11(13)17-15(21)9-10-16(22)18-12-6-2-4-8-14(12)20/h11-14,19-20H,1-10H2,(H,17,21)(H,18,22)/t11-,12+,13-,14-/m0/s1. The lowest BCUT2D eigenvalue weighted by Crippen LogP contribution is -2.46. The van der Waals surface area contributed by atoms with E-state index in [2.05, 4.69) is 10.6 Å². The highest BCUT2D eigenvalue weighted by molar-refractivity contribution is 5.84. The summed E-state index contributed by atoms with van der Waals surface area (Å²) in [7, 11) is 0. The van der Waals surface area contributed by atoms with Crippen LogP contribution in [0.25, 0.3) is 0 Å². The van der Waals surface area contributed by atoms with Crippen molar-refractivity contribution in [3.8, 4) is 0 Å². The third-order valence-corrected chi connectivity index (χ3v) is 4.73. The van der Waals surface area contributed by atoms with Gasteiger partial charge in [0, 0.05) is 12.8 Å². The summed E-state index contributed by atoms with van der Waals surface area (Å²) in [6.45, 7) is 0. The van der Waals surface area contributed by atoms with Gasteiger partial charge in [0.15, 0.2) is 0 Å². The van der Waals surface area contributed by atoms with E-state index in [0.29, 0.717) is 0 Å². The summed E-state index contributed by atoms with van der Waals surface area (Å²) in [6.07, 6.45) is 6.39. The van der Waals surface area contributed by atoms with Crippen molar-refractivity contribution in [2.45, 2.75) is 88.5 Å². The molecule has 0 spiro atoms. The fourth-order valence-electron chi connectivity index (χ4n) is 3.34. The van der Waals surface area contributed by atoms with E-state index in [1.807, 2.05) is 0 Å². The lowest BCUT2D eigenvalue weighted by Gasteiger charge is -2.29. The number of hydrogen-bond donors (Lipinski definition) is 4. The maximum Gasteiger partial charge on any atom is 0.220 e. The average molecular weight is 312 g/mol. The van der Waals surface area contributed by atoms with Crippen LogP contribution in [-0.2, 0) is 9.59 Å². The first-order chi connectivity index (χ1) is 10.6. The van der Waals surface area contributed by atoms with Crippen LogP contribution in [0.15, 0.2) is 0 Å². The second kappa shape index (κ2) is 8.48. The van der Waals surface area contributed by atoms with Crippen molar-refractivity contribution < 1.29 is 19.8 Å². The van der Waals surface area contributed by atoms with Gasteiger partial charge in [0.05, 0.1) is 24.3 Å². The molecule has 126 valence electrons. The van der Waals surface area contributed by atoms with Gasteiger partial charge in [-0.25, -0.2) is 0 Å². The molecule has 0 bridgehead atoms. The summed E-state index contributed by atoms with van der Waals surface area (Å²) >= 11 is 0. The number of aliphatic hydroxyl groups excluding tert-OH is 2. The van der Waals surface area contributed by atoms with Crippen LogP contribution in [0.2, 0.25) is 0 Å². The second-order valence-corrected chi connectivity index (χ2v) is 6.55. The summed E-state index contributed by atoms with van der Waals surface area (Å²) in [6, 6.07) is -0.353. The molecule has 6 nitrogen and oxygen atoms in total. The average Bonchev–Trinajstić information content (AvgIpc) is 2.50. The van der Waals surface area contributed by atoms with Crippen LogP contribution in [0.3, 0.4) is 0 Å². The second-order valence-electron chi connectivity index (χ2n) is 6.55. The minimum atomic E-state index is -0.469. The van der Waals surface area contributed by atoms with Crippen molar-refractivity contribution in [3.05, 3.63) is 0 Å². The zero-order chi connectivity index (χ0) is 15.9. The largest absolute Gasteiger partial charge is 0.391 e. The molecule has 0 saturated heterocycles. The van der Waals surface area contributed by atoms with Gasteiger partial charge in [0.25, 0.3) is 0 Å². The molecule has 0 unspecified atom stereocenters. The molecule has 0 aliphatic heterocycles. The first kappa shape index (κ1) is 17.2. The van der Waals surface area contributed by atoms with E-state index in [1.54, 1.807) is 0 Å². The number of nitrogens with one attached hydrogen (secondary N) is 2. The van der Waals surface area contributed by atoms with Crippen LogP contribution < -0.4 is 10.6 Å². The normalized spacial score (nSPS) is 32.3. The van der Waals surface area contributed by atoms with Gasteiger partial charge < -0.3 is 20.8 Å². The van der Waals surface area contributed by atoms with Crippen LogP contribution in [-0.4, -0.2) is 46.3 Å². The van der Waals surface area contributed by atoms with Gasteiger partial charge in [-0.3, -0.25) is 9.59 Å². The molecule has 2 aliphatic carbocycles. The zero-order valence-electron chi connectivity index (χ0n) is 13.1. The molecule has 0 aromatic rings. The summed E-state index contributed by atoms with van der Waals surface area (Å²) in [5.74, 6) is -0.379. The van der Waals surface area contributed by atoms with Crippen molar-refractivity contribution >= 4 is 11.8 Å². The van der Waals surface area contributed by atoms with Crippen LogP contribution in [0, 0.1) is 0 Å². The van der Waals surface area contributed by atoms with Crippen LogP contribution >= 0.6 is 0 Å². The molecule has 2 fully saturated rings. The van der Waals surface area contributed by atoms with Gasteiger partial charge in [-0.2, -0.15) is 0 Å². The molecular weight excluding hydrogens is 284 g/mol. The number of hydrogen-bond acceptors (Lipinski definition) is 4. The molecule has 4 atom stereocenters. The number of rotatable bonds is 5. The van der Waals surface area contributed by atoms with E-state index in [-0.39, 0.29) is 36.7 Å². The molecule has 22 heavy (non-hydrogen) atoms. The van der Waals surface area contributed by atoms with Gasteiger partial charge >= 0.3 is 0 Å². The summed E-state index contributed by atoms with van der Waals surface area (Å²) in [5, 5.41) is 25.3. The Morgan fingerprint density at radius 3 is 1.45 bits per heavy atom. The van der Waals surface area contributed by atoms with E-state index in [1.165, 1.54) is 0 Å². The first-order valence-electron chi connectivity index (χ1n) is 8.51. The zero-order valence-corrected chi connectivity index (χ0v) is 13.1. The monoisotopic (exact) mass is 312 g/mol. The maximum absolute atomic E-state index is 11.9. The number of aliphatic hydroxyl groups is 2. The molecule has 0 radical (unpaired) electrons. The van der Waals surface area contributed by atoms with Crippen molar-refractivity contribution in [3.63, 3.8) is 0 Å². The quantitative estimate of drug-likeness (QED) is 0.597. The molecular formula is C16H28N2O4. The fourth-order valence-corrected chi connectivity index (χ4v) is 3.34. The molecule has 0 aromatic carbocycles. The number of carbonyl (C=O) groups excluding carboxylic acids is 2. The van der Waals surface area contributed by atoms with Crippen molar-refractivity contribution in [2.24, 2.45) is 0 Å². The van der Waals surface area contributed by atoms with Crippen LogP contribution in [0.5, 0.6) is 0 Å². The van der Waals surface area contributed by atoms with Gasteiger partial charge in [-0.1, -0.05) is 25.7 Å². The Balaban J connectivity index is 1.65. The van der Waals surface area contributed by atoms with Crippen LogP contribution in [0.1, 0.15) is 64.2 Å². The Hall–Kier alpha value is -1.14. The topological polar surface area (TPSA) is 98.7 Å². The van der Waals surface area contributed by atoms with Gasteiger partial charge in [0.1, 0.15) is 0 Å². The van der Waals surface area contributed by atoms with Crippen LogP contribution in [0.4, 0.5) is 0 Å². The predicted molar refractivity (Wildman–Crippen MR) is 82.0 cm³/mol. The van der Waals surface area contributed by atoms with E-state index in [9.17, 15) is 19.8 Å². The van der Waals surface area contributed by atoms with Crippen molar-refractivity contribution in [1.29, 1.82) is 0 Å². The number of carbonyl (C=O) groups is 2. The third-order valence-electron chi connectivity index (χ3n) is 4.73. The lowest BCUT2D eigenvalue weighted by molar-refractivity contribution is -0.128. The molecule has 2 amide bonds. The van der Waals surface area contributed by atoms with E-state index >= 15 is 0 Å². The van der Waals surface area contributed by atoms with Gasteiger partial charge in [-0.15, -0.1) is 0 Å². The van der Waals surface area contributed by atoms with Crippen molar-refractivity contribution in [1.82, 2.24) is 10.6 Å². The van der Waals surface area contributed by atoms with Crippen molar-refractivity contribution in [2.75, 3.05) is 0 Å². The minimum Gasteiger partial charge on any atom is -0.391 e. The first-order valence-corrected chi connectivity index (χ1v) is 8.51. The molecule has 2 aliphatic rings. The third kappa shape index (κ3) is 5.25. The fraction of sp³-hybridized carbons (Fsp3) is 0.875. The SMILES string of the molecule is O=C(CCC(=O)N[C@@H]1CCCC[C@@H]1O)N[C@H]1CCCC[C@@H]1O. The smallest absolute Gasteiger partial charge is 0.220 e. The van der Waals surface area contributed by atoms with Gasteiger partial charge in [0.2, 0.25) is 11.8 Å². The Morgan fingerprint density at radius 2 is 1.09 bits per heavy atom. The minimum absolute atomic E-state index is 0.123. The van der Waals surface area contributed by atoms with E-state index in [4.69, 9.17) is 0 Å². The Bertz CT molecular complexity index is 352. The highest BCUT2D eigenvalue weighted by atomic mass is 16.3. The summed E-state index contributed by atoms with van der Waals surface area (Å²) in [4.78, 5) is 23.7. The molecule has 4 N–H and O–H groups in total. The molecule has 2 saturated carbocycles. The highest BCUT2D eigenvalue weighted by Crippen LogP contribution is 2.19. The number of amides is 2. The summed E-state index contributed by atoms with van der Waals surface area (Å²) in [5.41, 5.74) is 0. The van der Waals surface area contributed by atoms with E-state index in [0.717, 1.165) is 51.4 Å². The summed E-state index contributed by atoms with van der Waals surface area (Å²) < 4.78 is 0. The Labute approximate surface area is 131 Å². The highest BCUT2D eigenvalue weighted by Gasteiger charge is 2.26. The Morgan fingerprint density at radius 1 is 0.727 bits per heavy atom. The Kier molecular flexibility index (Phi) is 6.64. The molecule has 0 heterocycles. The molecule has 2 rings (SSSR count). The molecule has 0 aromatic heterocycles. The van der Waals surface area contributed by atoms with E-state index < -0.39 is 12.2 Å². The maximum atomic E-state index is 11.9. The molecule has 6 heteroatoms.